The quantitative estimate of drug-likeness (QED) is 0.616. The summed E-state index contributed by atoms with van der Waals surface area (Å²) < 4.78 is 33.3. The summed E-state index contributed by atoms with van der Waals surface area (Å²) in [4.78, 5) is 17.8. The predicted molar refractivity (Wildman–Crippen MR) is 140 cm³/mol. The van der Waals surface area contributed by atoms with Gasteiger partial charge in [0.1, 0.15) is 17.1 Å². The lowest BCUT2D eigenvalue weighted by Crippen LogP contribution is -2.50. The van der Waals surface area contributed by atoms with E-state index < -0.39 is 15.6 Å². The van der Waals surface area contributed by atoms with E-state index in [-0.39, 0.29) is 19.0 Å². The maximum Gasteiger partial charge on any atom is 0.253 e. The van der Waals surface area contributed by atoms with Crippen molar-refractivity contribution in [3.05, 3.63) is 28.2 Å². The number of nitrogens with one attached hydrogen (secondary N) is 2. The van der Waals surface area contributed by atoms with E-state index >= 15 is 0 Å². The van der Waals surface area contributed by atoms with E-state index in [1.54, 1.807) is 13.2 Å². The van der Waals surface area contributed by atoms with Crippen molar-refractivity contribution in [2.45, 2.75) is 64.8 Å². The average Bonchev–Trinajstić information content (AvgIpc) is 3.14. The molecule has 2 heterocycles. The molecule has 2 N–H and O–H groups in total. The van der Waals surface area contributed by atoms with Gasteiger partial charge in [-0.25, -0.2) is 8.42 Å². The van der Waals surface area contributed by atoms with Gasteiger partial charge in [-0.15, -0.1) is 0 Å². The highest BCUT2D eigenvalue weighted by Crippen LogP contribution is 2.37. The number of amidine groups is 1. The van der Waals surface area contributed by atoms with Crippen LogP contribution in [-0.2, 0) is 14.8 Å². The fourth-order valence-electron chi connectivity index (χ4n) is 5.64. The molecule has 0 aromatic heterocycles. The second kappa shape index (κ2) is 9.93. The van der Waals surface area contributed by atoms with Gasteiger partial charge in [0.25, 0.3) is 5.91 Å². The number of hydrogen-bond acceptors (Lipinski definition) is 6. The van der Waals surface area contributed by atoms with E-state index in [9.17, 15) is 13.2 Å². The van der Waals surface area contributed by atoms with Crippen LogP contribution in [0.3, 0.4) is 0 Å². The summed E-state index contributed by atoms with van der Waals surface area (Å²) in [6.07, 6.45) is 6.89. The Morgan fingerprint density at radius 3 is 2.46 bits per heavy atom. The topological polar surface area (TPSA) is 100 Å². The van der Waals surface area contributed by atoms with E-state index in [2.05, 4.69) is 17.6 Å². The minimum absolute atomic E-state index is 0.0679. The third-order valence-corrected chi connectivity index (χ3v) is 9.53. The van der Waals surface area contributed by atoms with E-state index in [0.29, 0.717) is 24.5 Å². The fourth-order valence-corrected chi connectivity index (χ4v) is 6.82. The van der Waals surface area contributed by atoms with E-state index in [1.807, 2.05) is 27.0 Å². The minimum atomic E-state index is -3.64. The van der Waals surface area contributed by atoms with Crippen LogP contribution in [0.5, 0.6) is 5.75 Å². The third-order valence-electron chi connectivity index (χ3n) is 7.97. The van der Waals surface area contributed by atoms with Crippen molar-refractivity contribution >= 4 is 33.5 Å². The lowest BCUT2D eigenvalue weighted by atomic mass is 9.82. The summed E-state index contributed by atoms with van der Waals surface area (Å²) in [5.74, 6) is 2.50. The fraction of sp³-hybridized carbons (Fsp3) is 0.615. The van der Waals surface area contributed by atoms with Gasteiger partial charge < -0.3 is 15.4 Å². The molecule has 4 rings (SSSR count). The van der Waals surface area contributed by atoms with E-state index in [4.69, 9.17) is 9.73 Å². The molecule has 0 atom stereocenters. The van der Waals surface area contributed by atoms with E-state index in [1.165, 1.54) is 9.71 Å². The number of methoxy groups -OCH3 is 1. The molecular weight excluding hydrogens is 464 g/mol. The van der Waals surface area contributed by atoms with Crippen molar-refractivity contribution in [3.63, 3.8) is 0 Å². The van der Waals surface area contributed by atoms with Crippen molar-refractivity contribution in [1.29, 1.82) is 0 Å². The van der Waals surface area contributed by atoms with Crippen LogP contribution in [0.15, 0.2) is 16.5 Å². The summed E-state index contributed by atoms with van der Waals surface area (Å²) in [7, 11) is -0.206. The largest absolute Gasteiger partial charge is 0.494 e. The van der Waals surface area contributed by atoms with E-state index in [0.717, 1.165) is 59.8 Å². The molecule has 3 aliphatic rings. The molecule has 35 heavy (non-hydrogen) atoms. The summed E-state index contributed by atoms with van der Waals surface area (Å²) in [6.45, 7) is 6.70. The smallest absolute Gasteiger partial charge is 0.253 e. The Balaban J connectivity index is 1.47. The first kappa shape index (κ1) is 25.7. The van der Waals surface area contributed by atoms with Crippen LogP contribution in [0.4, 0.5) is 5.69 Å². The molecule has 2 fully saturated rings. The number of piperidine rings is 1. The van der Waals surface area contributed by atoms with Gasteiger partial charge in [-0.05, 0) is 68.7 Å². The summed E-state index contributed by atoms with van der Waals surface area (Å²) >= 11 is 0. The molecule has 1 aromatic rings. The number of ether oxygens (including phenoxy) is 1. The zero-order chi connectivity index (χ0) is 25.4. The first-order valence-corrected chi connectivity index (χ1v) is 14.1. The van der Waals surface area contributed by atoms with Gasteiger partial charge in [-0.2, -0.15) is 4.31 Å². The van der Waals surface area contributed by atoms with Crippen LogP contribution >= 0.6 is 0 Å². The van der Waals surface area contributed by atoms with Crippen molar-refractivity contribution in [1.82, 2.24) is 9.62 Å². The highest BCUT2D eigenvalue weighted by Gasteiger charge is 2.48. The van der Waals surface area contributed by atoms with Crippen LogP contribution in [-0.4, -0.2) is 57.3 Å². The first-order valence-electron chi connectivity index (χ1n) is 12.6. The number of carbonyl (C=O) groups excluding carboxylic acids is 1. The molecule has 1 saturated heterocycles. The second-order valence-corrected chi connectivity index (χ2v) is 12.1. The van der Waals surface area contributed by atoms with Crippen LogP contribution in [0, 0.1) is 25.7 Å². The second-order valence-electron chi connectivity index (χ2n) is 10.2. The lowest BCUT2D eigenvalue weighted by molar-refractivity contribution is -0.124. The zero-order valence-corrected chi connectivity index (χ0v) is 22.3. The Morgan fingerprint density at radius 2 is 1.86 bits per heavy atom. The SMILES string of the molecule is CNc1cc(C)c(/C=C/S(=O)(=O)N2CCC3(CC2)N=C(C2CCC(C)CC2)NC3=O)c(C)c1OC. The number of hydrogen-bond donors (Lipinski definition) is 2. The number of carbonyl (C=O) groups is 1. The Morgan fingerprint density at radius 1 is 1.20 bits per heavy atom. The molecular formula is C26H38N4O4S. The van der Waals surface area contributed by atoms with Crippen molar-refractivity contribution in [3.8, 4) is 5.75 Å². The number of rotatable bonds is 6. The molecule has 192 valence electrons. The molecule has 1 amide bonds. The van der Waals surface area contributed by atoms with Crippen LogP contribution in [0.1, 0.15) is 62.1 Å². The van der Waals surface area contributed by atoms with Crippen molar-refractivity contribution in [2.75, 3.05) is 32.6 Å². The highest BCUT2D eigenvalue weighted by atomic mass is 32.2. The number of nitrogens with zero attached hydrogens (tertiary/aromatic N) is 2. The molecule has 1 aliphatic carbocycles. The van der Waals surface area contributed by atoms with Gasteiger partial charge in [0, 0.05) is 37.0 Å². The normalized spacial score (nSPS) is 25.1. The summed E-state index contributed by atoms with van der Waals surface area (Å²) in [6, 6.07) is 1.95. The molecule has 2 aliphatic heterocycles. The molecule has 1 spiro atoms. The molecule has 8 nitrogen and oxygen atoms in total. The maximum absolute atomic E-state index is 13.1. The molecule has 1 aromatic carbocycles. The monoisotopic (exact) mass is 502 g/mol. The number of anilines is 1. The summed E-state index contributed by atoms with van der Waals surface area (Å²) in [5.41, 5.74) is 2.70. The Labute approximate surface area is 209 Å². The number of amides is 1. The third kappa shape index (κ3) is 4.98. The van der Waals surface area contributed by atoms with Crippen LogP contribution < -0.4 is 15.4 Å². The van der Waals surface area contributed by atoms with Gasteiger partial charge in [0.15, 0.2) is 0 Å². The average molecular weight is 503 g/mol. The predicted octanol–water partition coefficient (Wildman–Crippen LogP) is 3.84. The Hall–Kier alpha value is -2.39. The van der Waals surface area contributed by atoms with Gasteiger partial charge in [-0.3, -0.25) is 9.79 Å². The van der Waals surface area contributed by atoms with Gasteiger partial charge in [-0.1, -0.05) is 19.8 Å². The van der Waals surface area contributed by atoms with Crippen LogP contribution in [0.2, 0.25) is 0 Å². The number of benzene rings is 1. The molecule has 0 radical (unpaired) electrons. The zero-order valence-electron chi connectivity index (χ0n) is 21.5. The first-order chi connectivity index (χ1) is 16.6. The Bertz CT molecular complexity index is 1140. The molecule has 9 heteroatoms. The summed E-state index contributed by atoms with van der Waals surface area (Å²) in [5, 5.41) is 7.43. The van der Waals surface area contributed by atoms with Gasteiger partial charge >= 0.3 is 0 Å². The van der Waals surface area contributed by atoms with Crippen molar-refractivity contribution < 1.29 is 17.9 Å². The Kier molecular flexibility index (Phi) is 7.29. The molecule has 0 unspecified atom stereocenters. The van der Waals surface area contributed by atoms with Gasteiger partial charge in [0.2, 0.25) is 10.0 Å². The number of aryl methyl sites for hydroxylation is 1. The number of aliphatic imine (C=N–C) groups is 1. The molecule has 1 saturated carbocycles. The van der Waals surface area contributed by atoms with Crippen molar-refractivity contribution in [2.24, 2.45) is 16.8 Å². The standard InChI is InChI=1S/C26H38N4O4S/c1-17-6-8-20(9-7-17)24-28-25(31)26(29-24)11-13-30(14-12-26)35(32,33)15-10-21-18(2)16-22(27-4)23(34-5)19(21)3/h10,15-17,20,27H,6-9,11-14H2,1-5H3,(H,28,29,31)/b15-10+. The maximum atomic E-state index is 13.1. The van der Waals surface area contributed by atoms with Gasteiger partial charge in [0.05, 0.1) is 12.8 Å². The lowest BCUT2D eigenvalue weighted by Gasteiger charge is -2.34. The number of sulfonamides is 1. The highest BCUT2D eigenvalue weighted by molar-refractivity contribution is 7.92. The minimum Gasteiger partial charge on any atom is -0.494 e. The molecule has 0 bridgehead atoms. The van der Waals surface area contributed by atoms with Crippen LogP contribution in [0.25, 0.3) is 6.08 Å².